The topological polar surface area (TPSA) is 98.5 Å². The second kappa shape index (κ2) is 8.71. The molecule has 3 N–H and O–H groups in total. The Bertz CT molecular complexity index is 879. The first-order chi connectivity index (χ1) is 12.3. The van der Waals surface area contributed by atoms with Crippen molar-refractivity contribution in [2.75, 3.05) is 11.3 Å². The van der Waals surface area contributed by atoms with E-state index in [1.54, 1.807) is 31.2 Å². The molecule has 6 nitrogen and oxygen atoms in total. The van der Waals surface area contributed by atoms with Crippen LogP contribution in [0.1, 0.15) is 42.1 Å². The Morgan fingerprint density at radius 2 is 1.88 bits per heavy atom. The minimum absolute atomic E-state index is 0.0928. The summed E-state index contributed by atoms with van der Waals surface area (Å²) in [7, 11) is -3.85. The van der Waals surface area contributed by atoms with Gasteiger partial charge in [-0.3, -0.25) is 9.52 Å². The molecule has 0 fully saturated rings. The number of primary amides is 1. The number of benzene rings is 2. The molecule has 2 rings (SSSR count). The number of unbranched alkanes of at least 4 members (excludes halogenated alkanes) is 2. The number of carbonyl (C=O) groups excluding carboxylic acids is 1. The molecule has 0 aliphatic rings. The standard InChI is InChI=1S/C19H24N2O4S/c1-3-4-7-12-25-18-11-10-15(13-14(18)2)26(23,24)21-17-9-6-5-8-16(17)19(20)22/h5-6,8-11,13,21H,3-4,7,12H2,1-2H3,(H2,20,22). The molecule has 0 spiro atoms. The number of anilines is 1. The third-order valence-corrected chi connectivity index (χ3v) is 5.26. The second-order valence-electron chi connectivity index (χ2n) is 6.00. The normalized spacial score (nSPS) is 11.2. The molecule has 0 aliphatic heterocycles. The van der Waals surface area contributed by atoms with Gasteiger partial charge in [0.05, 0.1) is 22.8 Å². The third-order valence-electron chi connectivity index (χ3n) is 3.90. The number of carbonyl (C=O) groups is 1. The number of rotatable bonds is 9. The van der Waals surface area contributed by atoms with E-state index in [4.69, 9.17) is 10.5 Å². The lowest BCUT2D eigenvalue weighted by Crippen LogP contribution is -2.18. The minimum Gasteiger partial charge on any atom is -0.493 e. The predicted molar refractivity (Wildman–Crippen MR) is 102 cm³/mol. The molecule has 0 bridgehead atoms. The number of ether oxygens (including phenoxy) is 1. The van der Waals surface area contributed by atoms with Crippen LogP contribution in [0.2, 0.25) is 0 Å². The molecule has 7 heteroatoms. The maximum absolute atomic E-state index is 12.6. The highest BCUT2D eigenvalue weighted by molar-refractivity contribution is 7.92. The Hall–Kier alpha value is -2.54. The second-order valence-corrected chi connectivity index (χ2v) is 7.68. The Balaban J connectivity index is 2.19. The molecule has 0 atom stereocenters. The van der Waals surface area contributed by atoms with Crippen LogP contribution in [0.4, 0.5) is 5.69 Å². The Morgan fingerprint density at radius 3 is 2.54 bits per heavy atom. The molecular formula is C19H24N2O4S. The molecule has 0 aliphatic carbocycles. The van der Waals surface area contributed by atoms with E-state index in [1.165, 1.54) is 18.2 Å². The van der Waals surface area contributed by atoms with Gasteiger partial charge in [-0.25, -0.2) is 8.42 Å². The van der Waals surface area contributed by atoms with Crippen LogP contribution in [-0.2, 0) is 10.0 Å². The van der Waals surface area contributed by atoms with Gasteiger partial charge in [-0.15, -0.1) is 0 Å². The van der Waals surface area contributed by atoms with E-state index in [2.05, 4.69) is 11.6 Å². The number of nitrogens with two attached hydrogens (primary N) is 1. The van der Waals surface area contributed by atoms with Crippen molar-refractivity contribution in [2.45, 2.75) is 38.0 Å². The van der Waals surface area contributed by atoms with Gasteiger partial charge < -0.3 is 10.5 Å². The summed E-state index contributed by atoms with van der Waals surface area (Å²) in [5.41, 5.74) is 6.29. The fourth-order valence-corrected chi connectivity index (χ4v) is 3.64. The van der Waals surface area contributed by atoms with Gasteiger partial charge in [-0.2, -0.15) is 0 Å². The van der Waals surface area contributed by atoms with E-state index < -0.39 is 15.9 Å². The Morgan fingerprint density at radius 1 is 1.15 bits per heavy atom. The molecule has 1 amide bonds. The first-order valence-electron chi connectivity index (χ1n) is 8.50. The van der Waals surface area contributed by atoms with E-state index >= 15 is 0 Å². The number of hydrogen-bond acceptors (Lipinski definition) is 4. The van der Waals surface area contributed by atoms with Crippen LogP contribution in [0.15, 0.2) is 47.4 Å². The number of amides is 1. The smallest absolute Gasteiger partial charge is 0.261 e. The van der Waals surface area contributed by atoms with Crippen molar-refractivity contribution in [1.82, 2.24) is 0 Å². The number of aryl methyl sites for hydroxylation is 1. The van der Waals surface area contributed by atoms with Gasteiger partial charge in [0, 0.05) is 0 Å². The third kappa shape index (κ3) is 4.98. The van der Waals surface area contributed by atoms with Gasteiger partial charge in [0.2, 0.25) is 0 Å². The van der Waals surface area contributed by atoms with Gasteiger partial charge in [0.1, 0.15) is 5.75 Å². The fourth-order valence-electron chi connectivity index (χ4n) is 2.48. The van der Waals surface area contributed by atoms with Crippen molar-refractivity contribution in [2.24, 2.45) is 5.73 Å². The number of nitrogens with one attached hydrogen (secondary N) is 1. The lowest BCUT2D eigenvalue weighted by molar-refractivity contribution is 0.100. The van der Waals surface area contributed by atoms with E-state index in [9.17, 15) is 13.2 Å². The number of sulfonamides is 1. The van der Waals surface area contributed by atoms with Crippen molar-refractivity contribution >= 4 is 21.6 Å². The van der Waals surface area contributed by atoms with Crippen molar-refractivity contribution < 1.29 is 17.9 Å². The molecule has 0 radical (unpaired) electrons. The average Bonchev–Trinajstić information content (AvgIpc) is 2.59. The fraction of sp³-hybridized carbons (Fsp3) is 0.316. The number of hydrogen-bond donors (Lipinski definition) is 2. The first-order valence-corrected chi connectivity index (χ1v) is 9.98. The van der Waals surface area contributed by atoms with Gasteiger partial charge in [0.25, 0.3) is 15.9 Å². The van der Waals surface area contributed by atoms with E-state index in [0.29, 0.717) is 12.4 Å². The zero-order valence-electron chi connectivity index (χ0n) is 15.0. The Kier molecular flexibility index (Phi) is 6.63. The Labute approximate surface area is 154 Å². The lowest BCUT2D eigenvalue weighted by Gasteiger charge is -2.13. The van der Waals surface area contributed by atoms with E-state index in [1.807, 2.05) is 0 Å². The maximum atomic E-state index is 12.6. The van der Waals surface area contributed by atoms with Gasteiger partial charge in [-0.05, 0) is 49.2 Å². The minimum atomic E-state index is -3.85. The van der Waals surface area contributed by atoms with Crippen LogP contribution in [-0.4, -0.2) is 20.9 Å². The quantitative estimate of drug-likeness (QED) is 0.655. The molecule has 0 unspecified atom stereocenters. The lowest BCUT2D eigenvalue weighted by atomic mass is 10.2. The highest BCUT2D eigenvalue weighted by Crippen LogP contribution is 2.25. The number of para-hydroxylation sites is 1. The molecule has 0 saturated carbocycles. The van der Waals surface area contributed by atoms with Gasteiger partial charge in [-0.1, -0.05) is 31.9 Å². The largest absolute Gasteiger partial charge is 0.493 e. The summed E-state index contributed by atoms with van der Waals surface area (Å²) in [4.78, 5) is 11.6. The van der Waals surface area contributed by atoms with E-state index in [-0.39, 0.29) is 16.1 Å². The summed E-state index contributed by atoms with van der Waals surface area (Å²) in [5.74, 6) is -0.0344. The molecule has 0 saturated heterocycles. The molecular weight excluding hydrogens is 352 g/mol. The highest BCUT2D eigenvalue weighted by Gasteiger charge is 2.18. The summed E-state index contributed by atoms with van der Waals surface area (Å²) in [6.45, 7) is 4.52. The van der Waals surface area contributed by atoms with Crippen molar-refractivity contribution in [3.63, 3.8) is 0 Å². The average molecular weight is 376 g/mol. The SMILES string of the molecule is CCCCCOc1ccc(S(=O)(=O)Nc2ccccc2C(N)=O)cc1C. The van der Waals surface area contributed by atoms with Gasteiger partial charge >= 0.3 is 0 Å². The molecule has 2 aromatic rings. The van der Waals surface area contributed by atoms with Crippen molar-refractivity contribution in [3.8, 4) is 5.75 Å². The zero-order chi connectivity index (χ0) is 19.2. The van der Waals surface area contributed by atoms with Crippen LogP contribution in [0.25, 0.3) is 0 Å². The summed E-state index contributed by atoms with van der Waals surface area (Å²) < 4.78 is 33.4. The highest BCUT2D eigenvalue weighted by atomic mass is 32.2. The zero-order valence-corrected chi connectivity index (χ0v) is 15.8. The molecule has 0 heterocycles. The molecule has 2 aromatic carbocycles. The molecule has 140 valence electrons. The summed E-state index contributed by atoms with van der Waals surface area (Å²) in [5, 5.41) is 0. The first kappa shape index (κ1) is 19.8. The van der Waals surface area contributed by atoms with Crippen LogP contribution in [0, 0.1) is 6.92 Å². The summed E-state index contributed by atoms with van der Waals surface area (Å²) in [6.07, 6.45) is 3.16. The maximum Gasteiger partial charge on any atom is 0.261 e. The van der Waals surface area contributed by atoms with Crippen LogP contribution in [0.5, 0.6) is 5.75 Å². The predicted octanol–water partition coefficient (Wildman–Crippen LogP) is 3.46. The van der Waals surface area contributed by atoms with Crippen LogP contribution >= 0.6 is 0 Å². The van der Waals surface area contributed by atoms with E-state index in [0.717, 1.165) is 24.8 Å². The van der Waals surface area contributed by atoms with Crippen LogP contribution < -0.4 is 15.2 Å². The molecule has 0 aromatic heterocycles. The summed E-state index contributed by atoms with van der Waals surface area (Å²) >= 11 is 0. The van der Waals surface area contributed by atoms with Gasteiger partial charge in [0.15, 0.2) is 0 Å². The van der Waals surface area contributed by atoms with Crippen molar-refractivity contribution in [3.05, 3.63) is 53.6 Å². The van der Waals surface area contributed by atoms with Crippen molar-refractivity contribution in [1.29, 1.82) is 0 Å². The van der Waals surface area contributed by atoms with Crippen LogP contribution in [0.3, 0.4) is 0 Å². The summed E-state index contributed by atoms with van der Waals surface area (Å²) in [6, 6.07) is 10.9. The monoisotopic (exact) mass is 376 g/mol. The molecule has 26 heavy (non-hydrogen) atoms.